The summed E-state index contributed by atoms with van der Waals surface area (Å²) < 4.78 is 1.70. The standard InChI is InChI=1S/C13H16N2O/c1-9-5-4-6-10(2)12(9)13(16)11-7-8-15(3)14-11/h4-8,13,16H,1-3H3. The van der Waals surface area contributed by atoms with Crippen LogP contribution in [0, 0.1) is 13.8 Å². The zero-order chi connectivity index (χ0) is 11.7. The number of nitrogens with zero attached hydrogens (tertiary/aromatic N) is 2. The molecule has 0 amide bonds. The molecule has 0 saturated heterocycles. The zero-order valence-electron chi connectivity index (χ0n) is 9.81. The fourth-order valence-corrected chi connectivity index (χ4v) is 1.99. The molecule has 0 bridgehead atoms. The zero-order valence-corrected chi connectivity index (χ0v) is 9.81. The Balaban J connectivity index is 2.45. The van der Waals surface area contributed by atoms with Crippen molar-refractivity contribution in [2.45, 2.75) is 20.0 Å². The second kappa shape index (κ2) is 4.10. The lowest BCUT2D eigenvalue weighted by molar-refractivity contribution is 0.213. The number of aliphatic hydroxyl groups is 1. The van der Waals surface area contributed by atoms with Gasteiger partial charge in [0.15, 0.2) is 0 Å². The maximum atomic E-state index is 10.3. The molecular weight excluding hydrogens is 200 g/mol. The molecule has 1 aromatic heterocycles. The first-order chi connectivity index (χ1) is 7.59. The molecule has 0 saturated carbocycles. The van der Waals surface area contributed by atoms with E-state index in [1.54, 1.807) is 4.68 Å². The fraction of sp³-hybridized carbons (Fsp3) is 0.308. The third kappa shape index (κ3) is 1.86. The molecule has 0 radical (unpaired) electrons. The highest BCUT2D eigenvalue weighted by atomic mass is 16.3. The van der Waals surface area contributed by atoms with Gasteiger partial charge in [0.2, 0.25) is 0 Å². The van der Waals surface area contributed by atoms with Gasteiger partial charge in [-0.25, -0.2) is 0 Å². The van der Waals surface area contributed by atoms with Gasteiger partial charge < -0.3 is 5.11 Å². The van der Waals surface area contributed by atoms with E-state index in [2.05, 4.69) is 5.10 Å². The highest BCUT2D eigenvalue weighted by molar-refractivity contribution is 5.38. The Bertz CT molecular complexity index is 482. The van der Waals surface area contributed by atoms with Crippen LogP contribution < -0.4 is 0 Å². The minimum Gasteiger partial charge on any atom is -0.382 e. The monoisotopic (exact) mass is 216 g/mol. The van der Waals surface area contributed by atoms with Crippen molar-refractivity contribution < 1.29 is 5.11 Å². The van der Waals surface area contributed by atoms with Crippen LogP contribution in [0.4, 0.5) is 0 Å². The number of rotatable bonds is 2. The third-order valence-electron chi connectivity index (χ3n) is 2.83. The molecular formula is C13H16N2O. The molecule has 16 heavy (non-hydrogen) atoms. The molecule has 1 unspecified atom stereocenters. The van der Waals surface area contributed by atoms with Gasteiger partial charge in [-0.05, 0) is 36.6 Å². The van der Waals surface area contributed by atoms with Crippen molar-refractivity contribution in [2.75, 3.05) is 0 Å². The minimum atomic E-state index is -0.637. The average Bonchev–Trinajstić information content (AvgIpc) is 2.64. The van der Waals surface area contributed by atoms with Crippen LogP contribution in [0.1, 0.15) is 28.5 Å². The normalized spacial score (nSPS) is 12.8. The summed E-state index contributed by atoms with van der Waals surface area (Å²) in [6.07, 6.45) is 1.20. The van der Waals surface area contributed by atoms with Crippen molar-refractivity contribution in [1.29, 1.82) is 0 Å². The van der Waals surface area contributed by atoms with E-state index in [1.165, 1.54) is 0 Å². The Hall–Kier alpha value is -1.61. The highest BCUT2D eigenvalue weighted by Crippen LogP contribution is 2.26. The van der Waals surface area contributed by atoms with Crippen LogP contribution in [0.5, 0.6) is 0 Å². The number of hydrogen-bond donors (Lipinski definition) is 1. The molecule has 0 aliphatic heterocycles. The number of benzene rings is 1. The number of hydrogen-bond acceptors (Lipinski definition) is 2. The van der Waals surface area contributed by atoms with Gasteiger partial charge in [-0.15, -0.1) is 0 Å². The van der Waals surface area contributed by atoms with Crippen LogP contribution >= 0.6 is 0 Å². The smallest absolute Gasteiger partial charge is 0.123 e. The summed E-state index contributed by atoms with van der Waals surface area (Å²) in [4.78, 5) is 0. The molecule has 1 N–H and O–H groups in total. The second-order valence-electron chi connectivity index (χ2n) is 4.12. The lowest BCUT2D eigenvalue weighted by Crippen LogP contribution is -2.05. The van der Waals surface area contributed by atoms with Gasteiger partial charge in [-0.2, -0.15) is 5.10 Å². The molecule has 3 nitrogen and oxygen atoms in total. The first kappa shape index (κ1) is 10.9. The van der Waals surface area contributed by atoms with Gasteiger partial charge >= 0.3 is 0 Å². The number of aliphatic hydroxyl groups excluding tert-OH is 1. The molecule has 2 aromatic rings. The van der Waals surface area contributed by atoms with Gasteiger partial charge in [0.05, 0.1) is 5.69 Å². The van der Waals surface area contributed by atoms with Gasteiger partial charge in [-0.3, -0.25) is 4.68 Å². The van der Waals surface area contributed by atoms with Crippen molar-refractivity contribution in [3.63, 3.8) is 0 Å². The molecule has 84 valence electrons. The van der Waals surface area contributed by atoms with E-state index in [0.717, 1.165) is 16.7 Å². The molecule has 0 fully saturated rings. The van der Waals surface area contributed by atoms with E-state index in [1.807, 2.05) is 51.4 Å². The van der Waals surface area contributed by atoms with Crippen LogP contribution in [0.2, 0.25) is 0 Å². The highest BCUT2D eigenvalue weighted by Gasteiger charge is 2.17. The van der Waals surface area contributed by atoms with Crippen molar-refractivity contribution >= 4 is 0 Å². The van der Waals surface area contributed by atoms with Crippen molar-refractivity contribution in [1.82, 2.24) is 9.78 Å². The quantitative estimate of drug-likeness (QED) is 0.835. The van der Waals surface area contributed by atoms with Gasteiger partial charge in [0.1, 0.15) is 6.10 Å². The molecule has 1 aromatic carbocycles. The molecule has 0 aliphatic carbocycles. The van der Waals surface area contributed by atoms with Gasteiger partial charge in [-0.1, -0.05) is 18.2 Å². The van der Waals surface area contributed by atoms with E-state index in [4.69, 9.17) is 0 Å². The Morgan fingerprint density at radius 2 is 1.81 bits per heavy atom. The minimum absolute atomic E-state index is 0.637. The van der Waals surface area contributed by atoms with Crippen LogP contribution in [0.15, 0.2) is 30.5 Å². The number of aryl methyl sites for hydroxylation is 3. The predicted octanol–water partition coefficient (Wildman–Crippen LogP) is 2.12. The summed E-state index contributed by atoms with van der Waals surface area (Å²) in [7, 11) is 1.85. The fourth-order valence-electron chi connectivity index (χ4n) is 1.99. The van der Waals surface area contributed by atoms with Crippen molar-refractivity contribution in [3.8, 4) is 0 Å². The molecule has 1 heterocycles. The summed E-state index contributed by atoms with van der Waals surface area (Å²) in [6, 6.07) is 7.86. The maximum absolute atomic E-state index is 10.3. The summed E-state index contributed by atoms with van der Waals surface area (Å²) in [5.41, 5.74) is 3.84. The Kier molecular flexibility index (Phi) is 2.79. The Morgan fingerprint density at radius 1 is 1.19 bits per heavy atom. The summed E-state index contributed by atoms with van der Waals surface area (Å²) in [5.74, 6) is 0. The first-order valence-corrected chi connectivity index (χ1v) is 5.33. The van der Waals surface area contributed by atoms with E-state index in [-0.39, 0.29) is 0 Å². The third-order valence-corrected chi connectivity index (χ3v) is 2.83. The second-order valence-corrected chi connectivity index (χ2v) is 4.12. The largest absolute Gasteiger partial charge is 0.382 e. The van der Waals surface area contributed by atoms with E-state index in [9.17, 15) is 5.11 Å². The van der Waals surface area contributed by atoms with Crippen LogP contribution in [-0.2, 0) is 7.05 Å². The maximum Gasteiger partial charge on any atom is 0.123 e. The number of aromatic nitrogens is 2. The van der Waals surface area contributed by atoms with E-state index >= 15 is 0 Å². The summed E-state index contributed by atoms with van der Waals surface area (Å²) in [6.45, 7) is 4.02. The van der Waals surface area contributed by atoms with Gasteiger partial charge in [0.25, 0.3) is 0 Å². The molecule has 2 rings (SSSR count). The summed E-state index contributed by atoms with van der Waals surface area (Å²) >= 11 is 0. The lowest BCUT2D eigenvalue weighted by atomic mass is 9.96. The van der Waals surface area contributed by atoms with Crippen LogP contribution in [0.3, 0.4) is 0 Å². The van der Waals surface area contributed by atoms with E-state index in [0.29, 0.717) is 5.69 Å². The molecule has 0 aliphatic rings. The van der Waals surface area contributed by atoms with Crippen molar-refractivity contribution in [2.24, 2.45) is 7.05 Å². The topological polar surface area (TPSA) is 38.0 Å². The molecule has 3 heteroatoms. The first-order valence-electron chi connectivity index (χ1n) is 5.33. The summed E-state index contributed by atoms with van der Waals surface area (Å²) in [5, 5.41) is 14.5. The Morgan fingerprint density at radius 3 is 2.31 bits per heavy atom. The lowest BCUT2D eigenvalue weighted by Gasteiger charge is -2.14. The molecule has 0 spiro atoms. The van der Waals surface area contributed by atoms with Crippen molar-refractivity contribution in [3.05, 3.63) is 52.8 Å². The molecule has 1 atom stereocenters. The van der Waals surface area contributed by atoms with Gasteiger partial charge in [0, 0.05) is 13.2 Å². The Labute approximate surface area is 95.3 Å². The average molecular weight is 216 g/mol. The van der Waals surface area contributed by atoms with Crippen LogP contribution in [0.25, 0.3) is 0 Å². The predicted molar refractivity (Wildman–Crippen MR) is 63.2 cm³/mol. The van der Waals surface area contributed by atoms with E-state index < -0.39 is 6.10 Å². The van der Waals surface area contributed by atoms with Crippen LogP contribution in [-0.4, -0.2) is 14.9 Å². The SMILES string of the molecule is Cc1cccc(C)c1C(O)c1ccn(C)n1.